The lowest BCUT2D eigenvalue weighted by Crippen LogP contribution is -2.68. The standard InChI is InChI=1S/C32H46N4O5/c1-5-6-7-9-28(37)26-10-12-27(13-11-26)41-23-8-18-35-19-21-36(22-20-35)29(38)32(31(2,3)4,34-30(39)40)24-25-14-16-33-17-15-25/h10-17,34H,5-9,18-24H2,1-4H3,(H,39,40)/t32-/m1/s1. The van der Waals surface area contributed by atoms with Crippen molar-refractivity contribution in [3.05, 3.63) is 59.9 Å². The van der Waals surface area contributed by atoms with Gasteiger partial charge >= 0.3 is 6.09 Å². The number of hydrogen-bond acceptors (Lipinski definition) is 6. The number of amides is 2. The molecule has 1 aromatic heterocycles. The quantitative estimate of drug-likeness (QED) is 0.243. The van der Waals surface area contributed by atoms with Crippen LogP contribution in [0.5, 0.6) is 5.75 Å². The zero-order chi connectivity index (χ0) is 29.9. The molecule has 3 rings (SSSR count). The zero-order valence-corrected chi connectivity index (χ0v) is 25.0. The summed E-state index contributed by atoms with van der Waals surface area (Å²) in [6, 6.07) is 11.0. The summed E-state index contributed by atoms with van der Waals surface area (Å²) in [5.74, 6) is 0.738. The molecule has 1 aliphatic rings. The van der Waals surface area contributed by atoms with Gasteiger partial charge in [0.1, 0.15) is 11.3 Å². The minimum Gasteiger partial charge on any atom is -0.494 e. The summed E-state index contributed by atoms with van der Waals surface area (Å²) in [6.45, 7) is 11.7. The lowest BCUT2D eigenvalue weighted by atomic mass is 9.69. The summed E-state index contributed by atoms with van der Waals surface area (Å²) in [7, 11) is 0. The van der Waals surface area contributed by atoms with Crippen LogP contribution in [0, 0.1) is 5.41 Å². The third kappa shape index (κ3) is 9.01. The zero-order valence-electron chi connectivity index (χ0n) is 25.0. The van der Waals surface area contributed by atoms with Crippen LogP contribution in [-0.4, -0.2) is 82.5 Å². The predicted molar refractivity (Wildman–Crippen MR) is 159 cm³/mol. The number of carbonyl (C=O) groups is 3. The number of carboxylic acid groups (broad SMARTS) is 1. The summed E-state index contributed by atoms with van der Waals surface area (Å²) < 4.78 is 5.89. The van der Waals surface area contributed by atoms with Gasteiger partial charge in [0.2, 0.25) is 5.91 Å². The minimum absolute atomic E-state index is 0.179. The number of benzene rings is 1. The monoisotopic (exact) mass is 566 g/mol. The Kier molecular flexibility index (Phi) is 11.7. The molecule has 2 aromatic rings. The molecule has 9 nitrogen and oxygen atoms in total. The molecule has 41 heavy (non-hydrogen) atoms. The van der Waals surface area contributed by atoms with Gasteiger partial charge in [-0.15, -0.1) is 0 Å². The summed E-state index contributed by atoms with van der Waals surface area (Å²) in [5.41, 5.74) is -0.397. The third-order valence-corrected chi connectivity index (χ3v) is 7.91. The Morgan fingerprint density at radius 1 is 0.951 bits per heavy atom. The number of carbonyl (C=O) groups excluding carboxylic acids is 2. The molecule has 2 amide bonds. The van der Waals surface area contributed by atoms with E-state index in [9.17, 15) is 19.5 Å². The number of piperazine rings is 1. The van der Waals surface area contributed by atoms with Crippen molar-refractivity contribution in [1.29, 1.82) is 0 Å². The highest BCUT2D eigenvalue weighted by Crippen LogP contribution is 2.36. The molecular formula is C32H46N4O5. The van der Waals surface area contributed by atoms with E-state index in [0.29, 0.717) is 39.2 Å². The number of unbranched alkanes of at least 4 members (excludes halogenated alkanes) is 2. The Bertz CT molecular complexity index is 1130. The molecule has 0 saturated carbocycles. The first-order valence-electron chi connectivity index (χ1n) is 14.7. The highest BCUT2D eigenvalue weighted by molar-refractivity contribution is 5.96. The lowest BCUT2D eigenvalue weighted by molar-refractivity contribution is -0.145. The van der Waals surface area contributed by atoms with Crippen molar-refractivity contribution in [3.63, 3.8) is 0 Å². The molecule has 1 aliphatic heterocycles. The second-order valence-corrected chi connectivity index (χ2v) is 11.9. The van der Waals surface area contributed by atoms with Gasteiger partial charge in [-0.3, -0.25) is 19.5 Å². The first kappa shape index (κ1) is 32.1. The van der Waals surface area contributed by atoms with Crippen LogP contribution in [-0.2, 0) is 11.2 Å². The number of ether oxygens (including phenoxy) is 1. The van der Waals surface area contributed by atoms with Crippen molar-refractivity contribution in [2.24, 2.45) is 5.41 Å². The van der Waals surface area contributed by atoms with Crippen LogP contribution in [0.15, 0.2) is 48.8 Å². The molecular weight excluding hydrogens is 520 g/mol. The number of aromatic nitrogens is 1. The predicted octanol–water partition coefficient (Wildman–Crippen LogP) is 5.05. The Morgan fingerprint density at radius 2 is 1.61 bits per heavy atom. The Balaban J connectivity index is 1.50. The maximum Gasteiger partial charge on any atom is 0.405 e. The first-order chi connectivity index (χ1) is 19.6. The van der Waals surface area contributed by atoms with Crippen LogP contribution in [0.4, 0.5) is 4.79 Å². The van der Waals surface area contributed by atoms with Crippen LogP contribution >= 0.6 is 0 Å². The van der Waals surface area contributed by atoms with Crippen LogP contribution in [0.25, 0.3) is 0 Å². The molecule has 0 aliphatic carbocycles. The van der Waals surface area contributed by atoms with Crippen molar-refractivity contribution in [3.8, 4) is 5.75 Å². The van der Waals surface area contributed by atoms with Crippen LogP contribution in [0.3, 0.4) is 0 Å². The largest absolute Gasteiger partial charge is 0.494 e. The fraction of sp³-hybridized carbons (Fsp3) is 0.562. The van der Waals surface area contributed by atoms with E-state index in [-0.39, 0.29) is 18.1 Å². The number of hydrogen-bond donors (Lipinski definition) is 2. The number of pyridine rings is 1. The Hall–Kier alpha value is -3.46. The second kappa shape index (κ2) is 15.0. The van der Waals surface area contributed by atoms with Gasteiger partial charge in [-0.2, -0.15) is 0 Å². The molecule has 0 unspecified atom stereocenters. The van der Waals surface area contributed by atoms with Crippen LogP contribution in [0.2, 0.25) is 0 Å². The van der Waals surface area contributed by atoms with Crippen molar-refractivity contribution in [1.82, 2.24) is 20.1 Å². The van der Waals surface area contributed by atoms with Gasteiger partial charge in [-0.25, -0.2) is 4.79 Å². The second-order valence-electron chi connectivity index (χ2n) is 11.9. The van der Waals surface area contributed by atoms with Gasteiger partial charge in [0, 0.05) is 63.5 Å². The molecule has 2 N–H and O–H groups in total. The average Bonchev–Trinajstić information content (AvgIpc) is 2.95. The SMILES string of the molecule is CCCCCC(=O)c1ccc(OCCCN2CCN(C(=O)[C@@](Cc3ccncc3)(NC(=O)O)C(C)(C)C)CC2)cc1. The topological polar surface area (TPSA) is 112 Å². The van der Waals surface area contributed by atoms with E-state index in [1.807, 2.05) is 57.2 Å². The molecule has 1 atom stereocenters. The molecule has 1 saturated heterocycles. The molecule has 224 valence electrons. The maximum atomic E-state index is 14.0. The summed E-state index contributed by atoms with van der Waals surface area (Å²) in [4.78, 5) is 46.3. The van der Waals surface area contributed by atoms with E-state index < -0.39 is 17.0 Å². The van der Waals surface area contributed by atoms with Crippen LogP contribution in [0.1, 0.15) is 75.7 Å². The molecule has 0 bridgehead atoms. The van der Waals surface area contributed by atoms with Crippen molar-refractivity contribution in [2.45, 2.75) is 71.8 Å². The maximum absolute atomic E-state index is 14.0. The molecule has 1 aromatic carbocycles. The molecule has 0 radical (unpaired) electrons. The third-order valence-electron chi connectivity index (χ3n) is 7.91. The van der Waals surface area contributed by atoms with E-state index in [1.54, 1.807) is 17.3 Å². The summed E-state index contributed by atoms with van der Waals surface area (Å²) >= 11 is 0. The van der Waals surface area contributed by atoms with Gasteiger partial charge < -0.3 is 20.1 Å². The number of nitrogens with one attached hydrogen (secondary N) is 1. The van der Waals surface area contributed by atoms with E-state index in [1.165, 1.54) is 0 Å². The highest BCUT2D eigenvalue weighted by atomic mass is 16.5. The Morgan fingerprint density at radius 3 is 2.20 bits per heavy atom. The molecule has 0 spiro atoms. The smallest absolute Gasteiger partial charge is 0.405 e. The average molecular weight is 567 g/mol. The van der Waals surface area contributed by atoms with Gasteiger partial charge in [0.05, 0.1) is 6.61 Å². The number of nitrogens with zero attached hydrogens (tertiary/aromatic N) is 3. The Labute approximate surface area is 244 Å². The van der Waals surface area contributed by atoms with Gasteiger partial charge in [-0.1, -0.05) is 40.5 Å². The lowest BCUT2D eigenvalue weighted by Gasteiger charge is -2.47. The number of rotatable bonds is 14. The number of ketones is 1. The van der Waals surface area contributed by atoms with Crippen molar-refractivity contribution < 1.29 is 24.2 Å². The highest BCUT2D eigenvalue weighted by Gasteiger charge is 2.52. The van der Waals surface area contributed by atoms with E-state index >= 15 is 0 Å². The normalized spacial score (nSPS) is 15.7. The van der Waals surface area contributed by atoms with E-state index in [4.69, 9.17) is 4.74 Å². The minimum atomic E-state index is -1.31. The van der Waals surface area contributed by atoms with Crippen LogP contribution < -0.4 is 10.1 Å². The summed E-state index contributed by atoms with van der Waals surface area (Å²) in [6.07, 6.45) is 6.87. The van der Waals surface area contributed by atoms with Crippen molar-refractivity contribution >= 4 is 17.8 Å². The van der Waals surface area contributed by atoms with Crippen molar-refractivity contribution in [2.75, 3.05) is 39.3 Å². The van der Waals surface area contributed by atoms with Gasteiger partial charge in [0.25, 0.3) is 0 Å². The van der Waals surface area contributed by atoms with Gasteiger partial charge in [0.15, 0.2) is 5.78 Å². The van der Waals surface area contributed by atoms with E-state index in [2.05, 4.69) is 22.1 Å². The first-order valence-corrected chi connectivity index (χ1v) is 14.7. The summed E-state index contributed by atoms with van der Waals surface area (Å²) in [5, 5.41) is 12.4. The molecule has 2 heterocycles. The number of Topliss-reactive ketones (excluding diaryl/α,β-unsaturated/α-hetero) is 1. The fourth-order valence-corrected chi connectivity index (χ4v) is 5.28. The molecule has 9 heteroatoms. The van der Waals surface area contributed by atoms with Gasteiger partial charge in [-0.05, 0) is 60.2 Å². The van der Waals surface area contributed by atoms with E-state index in [0.717, 1.165) is 49.1 Å². The molecule has 1 fully saturated rings. The fourth-order valence-electron chi connectivity index (χ4n) is 5.28.